The van der Waals surface area contributed by atoms with Crippen LogP contribution >= 0.6 is 0 Å². The van der Waals surface area contributed by atoms with Gasteiger partial charge in [0.2, 0.25) is 11.7 Å². The van der Waals surface area contributed by atoms with Crippen molar-refractivity contribution in [3.8, 4) is 0 Å². The Morgan fingerprint density at radius 1 is 1.12 bits per heavy atom. The predicted molar refractivity (Wildman–Crippen MR) is 80.2 cm³/mol. The molecule has 0 aromatic rings. The van der Waals surface area contributed by atoms with Crippen molar-refractivity contribution < 1.29 is 44.3 Å². The molecule has 13 heteroatoms. The number of nitrogens with zero attached hydrogens (tertiary/aromatic N) is 1. The minimum Gasteiger partial charge on any atom is -0.481 e. The number of carboxylic acids is 3. The van der Waals surface area contributed by atoms with Crippen molar-refractivity contribution >= 4 is 29.8 Å². The Hall–Kier alpha value is -2.93. The fourth-order valence-corrected chi connectivity index (χ4v) is 1.70. The molecule has 0 aromatic carbocycles. The Balaban J connectivity index is 5.08. The number of carboxylic acid groups (broad SMARTS) is 3. The average Bonchev–Trinajstić information content (AvgIpc) is 2.46. The van der Waals surface area contributed by atoms with Crippen LogP contribution in [0.25, 0.3) is 0 Å². The van der Waals surface area contributed by atoms with Gasteiger partial charge in [-0.05, 0) is 12.8 Å². The number of hydrogen-bond donors (Lipinski definition) is 7. The first kappa shape index (κ1) is 22.1. The summed E-state index contributed by atoms with van der Waals surface area (Å²) < 4.78 is 4.44. The van der Waals surface area contributed by atoms with Gasteiger partial charge in [0.05, 0.1) is 6.42 Å². The maximum Gasteiger partial charge on any atom is 0.348 e. The molecule has 25 heavy (non-hydrogen) atoms. The highest BCUT2D eigenvalue weighted by molar-refractivity contribution is 5.92. The van der Waals surface area contributed by atoms with E-state index in [4.69, 9.17) is 32.5 Å². The standard InChI is InChI=1S/C12H20N4O9/c13-5(2-1-3-16-11(14)15)9(21)25-7(8(19)20)12(24,10(22)23)4-6(17)18/h5,7,24H,1-4,13H2,(H,17,18)(H,19,20)(H,22,23)(H4,14,15,16). The van der Waals surface area contributed by atoms with Crippen molar-refractivity contribution in [2.75, 3.05) is 6.54 Å². The van der Waals surface area contributed by atoms with E-state index >= 15 is 0 Å². The van der Waals surface area contributed by atoms with Gasteiger partial charge in [-0.1, -0.05) is 0 Å². The van der Waals surface area contributed by atoms with Crippen LogP contribution in [0.15, 0.2) is 4.99 Å². The Morgan fingerprint density at radius 2 is 1.68 bits per heavy atom. The van der Waals surface area contributed by atoms with Gasteiger partial charge in [-0.2, -0.15) is 0 Å². The number of ether oxygens (including phenoxy) is 1. The van der Waals surface area contributed by atoms with E-state index in [0.29, 0.717) is 0 Å². The fraction of sp³-hybridized carbons (Fsp3) is 0.583. The van der Waals surface area contributed by atoms with Crippen molar-refractivity contribution in [2.24, 2.45) is 22.2 Å². The van der Waals surface area contributed by atoms with Crippen LogP contribution < -0.4 is 17.2 Å². The molecule has 10 N–H and O–H groups in total. The second-order valence-electron chi connectivity index (χ2n) is 5.01. The molecule has 0 spiro atoms. The number of carbonyl (C=O) groups excluding carboxylic acids is 1. The maximum absolute atomic E-state index is 11.8. The number of hydrogen-bond acceptors (Lipinski definition) is 8. The van der Waals surface area contributed by atoms with Gasteiger partial charge in [-0.25, -0.2) is 9.59 Å². The van der Waals surface area contributed by atoms with Crippen LogP contribution in [0.1, 0.15) is 19.3 Å². The lowest BCUT2D eigenvalue weighted by Crippen LogP contribution is -2.57. The molecule has 0 fully saturated rings. The molecule has 142 valence electrons. The molecule has 0 amide bonds. The van der Waals surface area contributed by atoms with E-state index in [0.717, 1.165) is 0 Å². The summed E-state index contributed by atoms with van der Waals surface area (Å²) in [5.74, 6) is -7.55. The van der Waals surface area contributed by atoms with Gasteiger partial charge in [-0.15, -0.1) is 0 Å². The summed E-state index contributed by atoms with van der Waals surface area (Å²) in [5, 5.41) is 36.5. The average molecular weight is 364 g/mol. The highest BCUT2D eigenvalue weighted by Gasteiger charge is 2.53. The molecule has 0 bridgehead atoms. The lowest BCUT2D eigenvalue weighted by Gasteiger charge is -2.28. The summed E-state index contributed by atoms with van der Waals surface area (Å²) in [5.41, 5.74) is 12.3. The number of aliphatic imine (C=N–C) groups is 1. The highest BCUT2D eigenvalue weighted by atomic mass is 16.6. The van der Waals surface area contributed by atoms with Crippen molar-refractivity contribution in [3.63, 3.8) is 0 Å². The zero-order valence-electron chi connectivity index (χ0n) is 13.0. The molecule has 0 saturated carbocycles. The van der Waals surface area contributed by atoms with E-state index in [2.05, 4.69) is 9.73 Å². The van der Waals surface area contributed by atoms with E-state index in [1.165, 1.54) is 0 Å². The number of rotatable bonds is 11. The molecule has 0 aliphatic heterocycles. The van der Waals surface area contributed by atoms with E-state index < -0.39 is 48.0 Å². The van der Waals surface area contributed by atoms with E-state index in [1.807, 2.05) is 0 Å². The number of aliphatic carboxylic acids is 3. The largest absolute Gasteiger partial charge is 0.481 e. The number of nitrogens with two attached hydrogens (primary N) is 3. The maximum atomic E-state index is 11.8. The molecule has 0 rings (SSSR count). The lowest BCUT2D eigenvalue weighted by atomic mass is 9.92. The first-order chi connectivity index (χ1) is 11.4. The normalized spacial score (nSPS) is 15.3. The van der Waals surface area contributed by atoms with Crippen molar-refractivity contribution in [2.45, 2.75) is 37.0 Å². The summed E-state index contributed by atoms with van der Waals surface area (Å²) in [4.78, 5) is 48.3. The molecule has 13 nitrogen and oxygen atoms in total. The van der Waals surface area contributed by atoms with Crippen LogP contribution in [-0.2, 0) is 23.9 Å². The Morgan fingerprint density at radius 3 is 2.08 bits per heavy atom. The van der Waals surface area contributed by atoms with Crippen LogP contribution in [0.4, 0.5) is 0 Å². The van der Waals surface area contributed by atoms with Crippen LogP contribution in [-0.4, -0.2) is 74.6 Å². The number of esters is 1. The van der Waals surface area contributed by atoms with Gasteiger partial charge >= 0.3 is 23.9 Å². The van der Waals surface area contributed by atoms with Crippen LogP contribution in [0.3, 0.4) is 0 Å². The number of carbonyl (C=O) groups is 4. The van der Waals surface area contributed by atoms with Gasteiger partial charge in [0.1, 0.15) is 6.04 Å². The summed E-state index contributed by atoms with van der Waals surface area (Å²) in [6.45, 7) is 0.129. The van der Waals surface area contributed by atoms with Gasteiger partial charge in [-0.3, -0.25) is 14.6 Å². The van der Waals surface area contributed by atoms with Crippen molar-refractivity contribution in [1.82, 2.24) is 0 Å². The molecule has 0 aliphatic carbocycles. The molecule has 0 radical (unpaired) electrons. The SMILES string of the molecule is NC(N)=NCCCC(N)C(=O)OC(C(=O)O)C(O)(CC(=O)O)C(=O)O. The van der Waals surface area contributed by atoms with Crippen molar-refractivity contribution in [3.05, 3.63) is 0 Å². The fourth-order valence-electron chi connectivity index (χ4n) is 1.70. The van der Waals surface area contributed by atoms with E-state index in [9.17, 15) is 24.3 Å². The predicted octanol–water partition coefficient (Wildman–Crippen LogP) is -3.35. The minimum atomic E-state index is -3.37. The summed E-state index contributed by atoms with van der Waals surface area (Å²) in [6.07, 6.45) is -3.99. The third-order valence-electron chi connectivity index (χ3n) is 2.95. The molecule has 3 unspecified atom stereocenters. The Labute approximate surface area is 141 Å². The second-order valence-corrected chi connectivity index (χ2v) is 5.01. The molecule has 3 atom stereocenters. The number of guanidine groups is 1. The van der Waals surface area contributed by atoms with Crippen molar-refractivity contribution in [1.29, 1.82) is 0 Å². The molecule has 0 heterocycles. The van der Waals surface area contributed by atoms with Gasteiger partial charge < -0.3 is 42.4 Å². The summed E-state index contributed by atoms with van der Waals surface area (Å²) in [6, 6.07) is -1.36. The second kappa shape index (κ2) is 9.39. The molecule has 0 aliphatic rings. The van der Waals surface area contributed by atoms with Gasteiger partial charge in [0.25, 0.3) is 0 Å². The van der Waals surface area contributed by atoms with Gasteiger partial charge in [0, 0.05) is 6.54 Å². The van der Waals surface area contributed by atoms with E-state index in [-0.39, 0.29) is 25.3 Å². The first-order valence-electron chi connectivity index (χ1n) is 6.83. The zero-order valence-corrected chi connectivity index (χ0v) is 13.0. The van der Waals surface area contributed by atoms with Crippen LogP contribution in [0.5, 0.6) is 0 Å². The van der Waals surface area contributed by atoms with Crippen LogP contribution in [0.2, 0.25) is 0 Å². The van der Waals surface area contributed by atoms with E-state index in [1.54, 1.807) is 0 Å². The zero-order chi connectivity index (χ0) is 19.8. The smallest absolute Gasteiger partial charge is 0.348 e. The Kier molecular flexibility index (Phi) is 8.29. The summed E-state index contributed by atoms with van der Waals surface area (Å²) >= 11 is 0. The first-order valence-corrected chi connectivity index (χ1v) is 6.83. The summed E-state index contributed by atoms with van der Waals surface area (Å²) in [7, 11) is 0. The quantitative estimate of drug-likeness (QED) is 0.0822. The minimum absolute atomic E-state index is 0.0353. The molecular weight excluding hydrogens is 344 g/mol. The van der Waals surface area contributed by atoms with Gasteiger partial charge in [0.15, 0.2) is 5.96 Å². The molecular formula is C12H20N4O9. The third-order valence-corrected chi connectivity index (χ3v) is 2.95. The molecule has 0 saturated heterocycles. The van der Waals surface area contributed by atoms with Crippen LogP contribution in [0, 0.1) is 0 Å². The third kappa shape index (κ3) is 7.01. The number of aliphatic hydroxyl groups is 1. The molecule has 0 aromatic heterocycles. The lowest BCUT2D eigenvalue weighted by molar-refractivity contribution is -0.198. The monoisotopic (exact) mass is 364 g/mol. The topological polar surface area (TPSA) is 249 Å². The highest BCUT2D eigenvalue weighted by Crippen LogP contribution is 2.21. The Bertz CT molecular complexity index is 561.